The normalized spacial score (nSPS) is 11.2. The lowest BCUT2D eigenvalue weighted by molar-refractivity contribution is 0.482. The van der Waals surface area contributed by atoms with E-state index in [1.165, 1.54) is 11.1 Å². The third-order valence-corrected chi connectivity index (χ3v) is 4.13. The van der Waals surface area contributed by atoms with Crippen molar-refractivity contribution in [3.05, 3.63) is 90.0 Å². The standard InChI is InChI=1S/C21H20NO/c1-21(2,16-8-12-18(22)13-9-16)17-10-14-20(15-11-17)23-19-6-4-3-5-7-19/h4-15H,22H2,1-2H3. The highest BCUT2D eigenvalue weighted by Gasteiger charge is 2.22. The summed E-state index contributed by atoms with van der Waals surface area (Å²) in [6.45, 7) is 4.42. The Morgan fingerprint density at radius 1 is 0.739 bits per heavy atom. The molecular weight excluding hydrogens is 282 g/mol. The van der Waals surface area contributed by atoms with Gasteiger partial charge in [-0.1, -0.05) is 50.2 Å². The number of ether oxygens (including phenoxy) is 1. The molecule has 0 saturated carbocycles. The molecule has 0 aliphatic carbocycles. The van der Waals surface area contributed by atoms with Crippen LogP contribution in [0.1, 0.15) is 25.0 Å². The highest BCUT2D eigenvalue weighted by Crippen LogP contribution is 2.33. The van der Waals surface area contributed by atoms with E-state index in [0.717, 1.165) is 17.2 Å². The van der Waals surface area contributed by atoms with Gasteiger partial charge in [0.05, 0.1) is 0 Å². The van der Waals surface area contributed by atoms with Gasteiger partial charge in [-0.15, -0.1) is 0 Å². The Balaban J connectivity index is 1.82. The van der Waals surface area contributed by atoms with E-state index in [0.29, 0.717) is 0 Å². The first-order valence-corrected chi connectivity index (χ1v) is 7.66. The highest BCUT2D eigenvalue weighted by molar-refractivity contribution is 5.46. The number of hydrogen-bond donors (Lipinski definition) is 1. The predicted octanol–water partition coefficient (Wildman–Crippen LogP) is 5.19. The minimum atomic E-state index is -0.0893. The van der Waals surface area contributed by atoms with E-state index in [9.17, 15) is 0 Å². The quantitative estimate of drug-likeness (QED) is 0.673. The Labute approximate surface area is 137 Å². The molecule has 2 heteroatoms. The Kier molecular flexibility index (Phi) is 4.07. The molecule has 0 unspecified atom stereocenters. The molecule has 0 spiro atoms. The van der Waals surface area contributed by atoms with Crippen LogP contribution in [-0.2, 0) is 5.41 Å². The molecule has 0 amide bonds. The fourth-order valence-corrected chi connectivity index (χ4v) is 2.58. The maximum atomic E-state index is 5.83. The number of nitrogen functional groups attached to an aromatic ring is 1. The summed E-state index contributed by atoms with van der Waals surface area (Å²) in [6.07, 6.45) is 0. The molecule has 23 heavy (non-hydrogen) atoms. The molecule has 0 aromatic heterocycles. The molecule has 2 N–H and O–H groups in total. The molecule has 0 heterocycles. The first kappa shape index (κ1) is 15.2. The topological polar surface area (TPSA) is 35.2 Å². The Hall–Kier alpha value is -2.74. The zero-order valence-electron chi connectivity index (χ0n) is 13.4. The average Bonchev–Trinajstić information content (AvgIpc) is 2.57. The third kappa shape index (κ3) is 3.37. The van der Waals surface area contributed by atoms with Gasteiger partial charge < -0.3 is 10.5 Å². The van der Waals surface area contributed by atoms with Crippen LogP contribution < -0.4 is 10.5 Å². The first-order chi connectivity index (χ1) is 11.1. The van der Waals surface area contributed by atoms with Crippen LogP contribution in [-0.4, -0.2) is 0 Å². The molecule has 2 nitrogen and oxygen atoms in total. The van der Waals surface area contributed by atoms with Crippen molar-refractivity contribution in [3.63, 3.8) is 0 Å². The zero-order chi connectivity index (χ0) is 16.3. The fourth-order valence-electron chi connectivity index (χ4n) is 2.58. The van der Waals surface area contributed by atoms with Gasteiger partial charge in [0, 0.05) is 11.1 Å². The van der Waals surface area contributed by atoms with E-state index in [-0.39, 0.29) is 5.41 Å². The largest absolute Gasteiger partial charge is 0.457 e. The van der Waals surface area contributed by atoms with Crippen LogP contribution in [0.25, 0.3) is 0 Å². The number of hydrogen-bond acceptors (Lipinski definition) is 2. The average molecular weight is 302 g/mol. The van der Waals surface area contributed by atoms with Gasteiger partial charge in [-0.2, -0.15) is 0 Å². The van der Waals surface area contributed by atoms with Crippen LogP contribution in [0, 0.1) is 6.07 Å². The second-order valence-corrected chi connectivity index (χ2v) is 6.11. The summed E-state index contributed by atoms with van der Waals surface area (Å²) in [4.78, 5) is 0. The molecule has 0 saturated heterocycles. The van der Waals surface area contributed by atoms with Gasteiger partial charge in [0.1, 0.15) is 11.5 Å². The molecule has 3 rings (SSSR count). The highest BCUT2D eigenvalue weighted by atomic mass is 16.5. The number of nitrogens with two attached hydrogens (primary N) is 1. The third-order valence-electron chi connectivity index (χ3n) is 4.13. The summed E-state index contributed by atoms with van der Waals surface area (Å²) in [6, 6.07) is 26.7. The monoisotopic (exact) mass is 302 g/mol. The van der Waals surface area contributed by atoms with Crippen molar-refractivity contribution in [2.24, 2.45) is 0 Å². The molecule has 0 bridgehead atoms. The number of anilines is 1. The van der Waals surface area contributed by atoms with Crippen LogP contribution in [0.3, 0.4) is 0 Å². The molecule has 1 radical (unpaired) electrons. The molecular formula is C21H20NO. The van der Waals surface area contributed by atoms with E-state index < -0.39 is 0 Å². The van der Waals surface area contributed by atoms with Gasteiger partial charge >= 0.3 is 0 Å². The van der Waals surface area contributed by atoms with Crippen LogP contribution in [0.2, 0.25) is 0 Å². The van der Waals surface area contributed by atoms with Crippen molar-refractivity contribution in [3.8, 4) is 11.5 Å². The number of rotatable bonds is 4. The van der Waals surface area contributed by atoms with E-state index >= 15 is 0 Å². The van der Waals surface area contributed by atoms with E-state index in [2.05, 4.69) is 44.2 Å². The lowest BCUT2D eigenvalue weighted by atomic mass is 9.78. The van der Waals surface area contributed by atoms with Gasteiger partial charge in [0.2, 0.25) is 0 Å². The SMILES string of the molecule is CC(C)(c1ccc(N)cc1)c1ccc(Oc2cc[c]cc2)cc1. The van der Waals surface area contributed by atoms with E-state index in [1.54, 1.807) is 0 Å². The van der Waals surface area contributed by atoms with Crippen molar-refractivity contribution in [2.45, 2.75) is 19.3 Å². The van der Waals surface area contributed by atoms with Gasteiger partial charge in [-0.05, 0) is 53.6 Å². The van der Waals surface area contributed by atoms with Crippen molar-refractivity contribution in [1.29, 1.82) is 0 Å². The van der Waals surface area contributed by atoms with Crippen molar-refractivity contribution in [1.82, 2.24) is 0 Å². The van der Waals surface area contributed by atoms with Crippen LogP contribution >= 0.6 is 0 Å². The Bertz CT molecular complexity index is 759. The molecule has 0 aliphatic rings. The molecule has 0 aliphatic heterocycles. The summed E-state index contributed by atoms with van der Waals surface area (Å²) in [5, 5.41) is 0. The van der Waals surface area contributed by atoms with Gasteiger partial charge in [0.15, 0.2) is 0 Å². The Morgan fingerprint density at radius 3 is 1.78 bits per heavy atom. The predicted molar refractivity (Wildman–Crippen MR) is 94.8 cm³/mol. The molecule has 0 atom stereocenters. The Morgan fingerprint density at radius 2 is 1.22 bits per heavy atom. The van der Waals surface area contributed by atoms with Crippen LogP contribution in [0.5, 0.6) is 11.5 Å². The van der Waals surface area contributed by atoms with Crippen molar-refractivity contribution >= 4 is 5.69 Å². The van der Waals surface area contributed by atoms with E-state index in [4.69, 9.17) is 10.5 Å². The maximum absolute atomic E-state index is 5.83. The van der Waals surface area contributed by atoms with Crippen molar-refractivity contribution < 1.29 is 4.74 Å². The van der Waals surface area contributed by atoms with Crippen LogP contribution in [0.4, 0.5) is 5.69 Å². The maximum Gasteiger partial charge on any atom is 0.127 e. The number of benzene rings is 3. The summed E-state index contributed by atoms with van der Waals surface area (Å²) in [5.74, 6) is 1.64. The molecule has 115 valence electrons. The smallest absolute Gasteiger partial charge is 0.127 e. The second-order valence-electron chi connectivity index (χ2n) is 6.11. The summed E-state index contributed by atoms with van der Waals surface area (Å²) < 4.78 is 5.83. The van der Waals surface area contributed by atoms with Gasteiger partial charge in [-0.25, -0.2) is 0 Å². The zero-order valence-corrected chi connectivity index (χ0v) is 13.4. The molecule has 0 fully saturated rings. The summed E-state index contributed by atoms with van der Waals surface area (Å²) >= 11 is 0. The van der Waals surface area contributed by atoms with Crippen LogP contribution in [0.15, 0.2) is 72.8 Å². The minimum absolute atomic E-state index is 0.0893. The minimum Gasteiger partial charge on any atom is -0.457 e. The summed E-state index contributed by atoms with van der Waals surface area (Å²) in [5.41, 5.74) is 8.95. The lowest BCUT2D eigenvalue weighted by Crippen LogP contribution is -2.18. The van der Waals surface area contributed by atoms with Gasteiger partial charge in [0.25, 0.3) is 0 Å². The summed E-state index contributed by atoms with van der Waals surface area (Å²) in [7, 11) is 0. The van der Waals surface area contributed by atoms with Crippen molar-refractivity contribution in [2.75, 3.05) is 5.73 Å². The molecule has 3 aromatic rings. The lowest BCUT2D eigenvalue weighted by Gasteiger charge is -2.26. The molecule has 3 aromatic carbocycles. The first-order valence-electron chi connectivity index (χ1n) is 7.66. The fraction of sp³-hybridized carbons (Fsp3) is 0.143. The van der Waals surface area contributed by atoms with Gasteiger partial charge in [-0.3, -0.25) is 0 Å². The second kappa shape index (κ2) is 6.17. The van der Waals surface area contributed by atoms with E-state index in [1.807, 2.05) is 48.5 Å².